The lowest BCUT2D eigenvalue weighted by Crippen LogP contribution is -2.45. The molecule has 23 heavy (non-hydrogen) atoms. The van der Waals surface area contributed by atoms with Gasteiger partial charge in [-0.1, -0.05) is 26.0 Å². The van der Waals surface area contributed by atoms with E-state index in [-0.39, 0.29) is 5.82 Å². The minimum Gasteiger partial charge on any atom is -0.341 e. The van der Waals surface area contributed by atoms with Crippen LogP contribution in [0.5, 0.6) is 0 Å². The Hall–Kier alpha value is -1.42. The van der Waals surface area contributed by atoms with Crippen molar-refractivity contribution in [3.63, 3.8) is 0 Å². The summed E-state index contributed by atoms with van der Waals surface area (Å²) in [5.41, 5.74) is 1.14. The Labute approximate surface area is 138 Å². The summed E-state index contributed by atoms with van der Waals surface area (Å²) in [5.74, 6) is 0.958. The molecule has 1 saturated heterocycles. The molecule has 0 aromatic heterocycles. The average Bonchev–Trinajstić information content (AvgIpc) is 3.35. The molecule has 2 aliphatic rings. The summed E-state index contributed by atoms with van der Waals surface area (Å²) in [6.45, 7) is 7.98. The molecular formula is C19H27FN2O. The van der Waals surface area contributed by atoms with Crippen LogP contribution in [-0.4, -0.2) is 41.4 Å². The van der Waals surface area contributed by atoms with Gasteiger partial charge in [-0.3, -0.25) is 9.69 Å². The van der Waals surface area contributed by atoms with E-state index in [0.717, 1.165) is 51.0 Å². The first-order valence-electron chi connectivity index (χ1n) is 8.82. The van der Waals surface area contributed by atoms with Gasteiger partial charge >= 0.3 is 0 Å². The van der Waals surface area contributed by atoms with E-state index in [4.69, 9.17) is 0 Å². The maximum atomic E-state index is 13.1. The molecule has 1 aliphatic carbocycles. The van der Waals surface area contributed by atoms with Crippen molar-refractivity contribution < 1.29 is 9.18 Å². The molecule has 0 radical (unpaired) electrons. The second-order valence-corrected chi connectivity index (χ2v) is 7.32. The molecule has 0 N–H and O–H groups in total. The summed E-state index contributed by atoms with van der Waals surface area (Å²) in [4.78, 5) is 17.0. The van der Waals surface area contributed by atoms with Gasteiger partial charge in [0.15, 0.2) is 0 Å². The Bertz CT molecular complexity index is 539. The molecule has 3 rings (SSSR count). The predicted molar refractivity (Wildman–Crippen MR) is 89.4 cm³/mol. The monoisotopic (exact) mass is 318 g/mol. The molecule has 1 aromatic rings. The molecule has 1 heterocycles. The van der Waals surface area contributed by atoms with Crippen LogP contribution in [0.1, 0.15) is 38.7 Å². The van der Waals surface area contributed by atoms with E-state index in [2.05, 4.69) is 23.6 Å². The molecule has 0 bridgehead atoms. The molecule has 126 valence electrons. The normalized spacial score (nSPS) is 23.1. The highest BCUT2D eigenvalue weighted by Crippen LogP contribution is 2.32. The maximum Gasteiger partial charge on any atom is 0.225 e. The molecule has 3 nitrogen and oxygen atoms in total. The number of halogens is 1. The van der Waals surface area contributed by atoms with Crippen LogP contribution in [-0.2, 0) is 11.3 Å². The van der Waals surface area contributed by atoms with Crippen LogP contribution >= 0.6 is 0 Å². The van der Waals surface area contributed by atoms with Crippen LogP contribution in [0.4, 0.5) is 4.39 Å². The molecule has 1 unspecified atom stereocenters. The fourth-order valence-electron chi connectivity index (χ4n) is 3.50. The van der Waals surface area contributed by atoms with Crippen molar-refractivity contribution in [2.24, 2.45) is 11.8 Å². The molecular weight excluding hydrogens is 291 g/mol. The molecule has 1 amide bonds. The number of nitrogens with zero attached hydrogens (tertiary/aromatic N) is 2. The first-order valence-corrected chi connectivity index (χ1v) is 8.82. The highest BCUT2D eigenvalue weighted by atomic mass is 19.1. The SMILES string of the molecule is CC(C)C1CN(C(=O)C2CC2)CCCN1Cc1ccc(F)cc1. The van der Waals surface area contributed by atoms with Crippen molar-refractivity contribution in [3.8, 4) is 0 Å². The van der Waals surface area contributed by atoms with Crippen LogP contribution < -0.4 is 0 Å². The number of carbonyl (C=O) groups excluding carboxylic acids is 1. The number of hydrogen-bond donors (Lipinski definition) is 0. The Balaban J connectivity index is 1.70. The fourth-order valence-corrected chi connectivity index (χ4v) is 3.50. The van der Waals surface area contributed by atoms with Gasteiger partial charge in [0.25, 0.3) is 0 Å². The highest BCUT2D eigenvalue weighted by molar-refractivity contribution is 5.81. The molecule has 1 atom stereocenters. The van der Waals surface area contributed by atoms with Crippen LogP contribution in [0.25, 0.3) is 0 Å². The van der Waals surface area contributed by atoms with Crippen molar-refractivity contribution >= 4 is 5.91 Å². The summed E-state index contributed by atoms with van der Waals surface area (Å²) < 4.78 is 13.1. The Morgan fingerprint density at radius 2 is 1.91 bits per heavy atom. The number of carbonyl (C=O) groups is 1. The zero-order valence-electron chi connectivity index (χ0n) is 14.2. The second kappa shape index (κ2) is 7.00. The maximum absolute atomic E-state index is 13.1. The fraction of sp³-hybridized carbons (Fsp3) is 0.632. The van der Waals surface area contributed by atoms with Crippen LogP contribution in [0.2, 0.25) is 0 Å². The summed E-state index contributed by atoms with van der Waals surface area (Å²) >= 11 is 0. The Morgan fingerprint density at radius 1 is 1.22 bits per heavy atom. The van der Waals surface area contributed by atoms with Gasteiger partial charge in [0, 0.05) is 38.1 Å². The Morgan fingerprint density at radius 3 is 2.52 bits per heavy atom. The van der Waals surface area contributed by atoms with Gasteiger partial charge in [0.05, 0.1) is 0 Å². The lowest BCUT2D eigenvalue weighted by Gasteiger charge is -2.34. The van der Waals surface area contributed by atoms with Crippen molar-refractivity contribution in [1.29, 1.82) is 0 Å². The topological polar surface area (TPSA) is 23.6 Å². The largest absolute Gasteiger partial charge is 0.341 e. The standard InChI is InChI=1S/C19H27FN2O/c1-14(2)18-13-22(19(23)16-6-7-16)11-3-10-21(18)12-15-4-8-17(20)9-5-15/h4-5,8-9,14,16,18H,3,6-7,10-13H2,1-2H3. The zero-order chi connectivity index (χ0) is 16.4. The third kappa shape index (κ3) is 4.11. The minimum absolute atomic E-state index is 0.189. The second-order valence-electron chi connectivity index (χ2n) is 7.32. The van der Waals surface area contributed by atoms with Gasteiger partial charge in [0.2, 0.25) is 5.91 Å². The quantitative estimate of drug-likeness (QED) is 0.850. The van der Waals surface area contributed by atoms with Gasteiger partial charge in [-0.2, -0.15) is 0 Å². The molecule has 2 fully saturated rings. The third-order valence-electron chi connectivity index (χ3n) is 5.06. The highest BCUT2D eigenvalue weighted by Gasteiger charge is 2.36. The van der Waals surface area contributed by atoms with E-state index in [1.165, 1.54) is 12.1 Å². The lowest BCUT2D eigenvalue weighted by atomic mass is 10.0. The van der Waals surface area contributed by atoms with E-state index < -0.39 is 0 Å². The van der Waals surface area contributed by atoms with Gasteiger partial charge in [0.1, 0.15) is 5.82 Å². The van der Waals surface area contributed by atoms with E-state index >= 15 is 0 Å². The number of rotatable bonds is 4. The number of amides is 1. The average molecular weight is 318 g/mol. The van der Waals surface area contributed by atoms with E-state index in [9.17, 15) is 9.18 Å². The smallest absolute Gasteiger partial charge is 0.225 e. The zero-order valence-corrected chi connectivity index (χ0v) is 14.2. The summed E-state index contributed by atoms with van der Waals surface area (Å²) in [6, 6.07) is 7.15. The lowest BCUT2D eigenvalue weighted by molar-refractivity contribution is -0.133. The van der Waals surface area contributed by atoms with Crippen LogP contribution in [0, 0.1) is 17.7 Å². The van der Waals surface area contributed by atoms with Crippen molar-refractivity contribution in [1.82, 2.24) is 9.80 Å². The summed E-state index contributed by atoms with van der Waals surface area (Å²) in [7, 11) is 0. The van der Waals surface area contributed by atoms with Gasteiger partial charge < -0.3 is 4.90 Å². The van der Waals surface area contributed by atoms with Crippen molar-refractivity contribution in [2.75, 3.05) is 19.6 Å². The first-order chi connectivity index (χ1) is 11.0. The van der Waals surface area contributed by atoms with E-state index in [0.29, 0.717) is 23.8 Å². The minimum atomic E-state index is -0.189. The van der Waals surface area contributed by atoms with E-state index in [1.807, 2.05) is 12.1 Å². The molecule has 1 aliphatic heterocycles. The molecule has 1 saturated carbocycles. The van der Waals surface area contributed by atoms with Crippen LogP contribution in [0.15, 0.2) is 24.3 Å². The van der Waals surface area contributed by atoms with Crippen molar-refractivity contribution in [2.45, 2.75) is 45.7 Å². The molecule has 1 aromatic carbocycles. The van der Waals surface area contributed by atoms with Gasteiger partial charge in [-0.05, 0) is 42.9 Å². The van der Waals surface area contributed by atoms with Gasteiger partial charge in [-0.25, -0.2) is 4.39 Å². The first kappa shape index (κ1) is 16.4. The summed E-state index contributed by atoms with van der Waals surface area (Å²) in [5, 5.41) is 0. The molecule has 0 spiro atoms. The van der Waals surface area contributed by atoms with Crippen molar-refractivity contribution in [3.05, 3.63) is 35.6 Å². The summed E-state index contributed by atoms with van der Waals surface area (Å²) in [6.07, 6.45) is 3.16. The van der Waals surface area contributed by atoms with E-state index in [1.54, 1.807) is 0 Å². The number of benzene rings is 1. The molecule has 4 heteroatoms. The van der Waals surface area contributed by atoms with Crippen LogP contribution in [0.3, 0.4) is 0 Å². The predicted octanol–water partition coefficient (Wildman–Crippen LogP) is 3.29. The third-order valence-corrected chi connectivity index (χ3v) is 5.06. The number of hydrogen-bond acceptors (Lipinski definition) is 2. The van der Waals surface area contributed by atoms with Gasteiger partial charge in [-0.15, -0.1) is 0 Å². The Kier molecular flexibility index (Phi) is 5.00.